The van der Waals surface area contributed by atoms with E-state index in [1.54, 1.807) is 12.1 Å². The number of halogens is 2. The third-order valence-electron chi connectivity index (χ3n) is 4.80. The van der Waals surface area contributed by atoms with Gasteiger partial charge in [-0.05, 0) is 53.8 Å². The summed E-state index contributed by atoms with van der Waals surface area (Å²) < 4.78 is 27.1. The maximum absolute atomic E-state index is 14.1. The summed E-state index contributed by atoms with van der Waals surface area (Å²) in [4.78, 5) is 26.6. The second-order valence-corrected chi connectivity index (χ2v) is 6.96. The van der Waals surface area contributed by atoms with E-state index in [1.165, 1.54) is 35.2 Å². The second kappa shape index (κ2) is 7.36. The number of anilines is 1. The Morgan fingerprint density at radius 3 is 2.46 bits per heavy atom. The highest BCUT2D eigenvalue weighted by atomic mass is 19.1. The molecule has 3 nitrogen and oxygen atoms in total. The van der Waals surface area contributed by atoms with Crippen molar-refractivity contribution in [1.82, 2.24) is 0 Å². The number of amides is 1. The molecule has 2 aromatic carbocycles. The van der Waals surface area contributed by atoms with Gasteiger partial charge in [0.1, 0.15) is 17.4 Å². The van der Waals surface area contributed by atoms with Crippen LogP contribution in [0.25, 0.3) is 0 Å². The molecule has 1 aliphatic rings. The van der Waals surface area contributed by atoms with Crippen LogP contribution in [0.5, 0.6) is 0 Å². The summed E-state index contributed by atoms with van der Waals surface area (Å²) in [6.07, 6.45) is 0.449. The van der Waals surface area contributed by atoms with Gasteiger partial charge in [0.25, 0.3) is 0 Å². The molecule has 0 aromatic heterocycles. The summed E-state index contributed by atoms with van der Waals surface area (Å²) >= 11 is 0. The predicted octanol–water partition coefficient (Wildman–Crippen LogP) is 4.25. The van der Waals surface area contributed by atoms with Crippen molar-refractivity contribution < 1.29 is 18.4 Å². The Morgan fingerprint density at radius 1 is 1.15 bits per heavy atom. The first-order valence-corrected chi connectivity index (χ1v) is 8.75. The fourth-order valence-corrected chi connectivity index (χ4v) is 3.33. The van der Waals surface area contributed by atoms with Gasteiger partial charge in [-0.25, -0.2) is 8.78 Å². The Kier molecular flexibility index (Phi) is 5.16. The number of carbonyl (C=O) groups excluding carboxylic acids is 2. The molecule has 1 saturated heterocycles. The van der Waals surface area contributed by atoms with Crippen LogP contribution in [0.3, 0.4) is 0 Å². The zero-order chi connectivity index (χ0) is 18.8. The van der Waals surface area contributed by atoms with Gasteiger partial charge in [0.15, 0.2) is 0 Å². The Balaban J connectivity index is 1.70. The van der Waals surface area contributed by atoms with E-state index in [0.717, 1.165) is 0 Å². The van der Waals surface area contributed by atoms with Crippen molar-refractivity contribution in [3.63, 3.8) is 0 Å². The minimum absolute atomic E-state index is 0.0307. The fraction of sp³-hybridized carbons (Fsp3) is 0.333. The van der Waals surface area contributed by atoms with E-state index in [2.05, 4.69) is 0 Å². The minimum Gasteiger partial charge on any atom is -0.312 e. The number of ketones is 1. The van der Waals surface area contributed by atoms with Gasteiger partial charge in [0, 0.05) is 18.7 Å². The van der Waals surface area contributed by atoms with Gasteiger partial charge >= 0.3 is 0 Å². The molecule has 3 rings (SSSR count). The first-order valence-electron chi connectivity index (χ1n) is 8.75. The fourth-order valence-electron chi connectivity index (χ4n) is 3.33. The standard InChI is InChI=1S/C21H21F2NO2/c1-13(2)17-8-3-14(11-19(17)23)12-20(25)18-9-10-24(21(18)26)16-6-4-15(22)5-7-16/h3-8,11,13,18H,9-10,12H2,1-2H3. The highest BCUT2D eigenvalue weighted by Gasteiger charge is 2.37. The summed E-state index contributed by atoms with van der Waals surface area (Å²) in [6, 6.07) is 10.5. The van der Waals surface area contributed by atoms with Crippen molar-refractivity contribution in [2.45, 2.75) is 32.6 Å². The molecule has 26 heavy (non-hydrogen) atoms. The molecule has 1 amide bonds. The van der Waals surface area contributed by atoms with Crippen molar-refractivity contribution in [2.75, 3.05) is 11.4 Å². The lowest BCUT2D eigenvalue weighted by molar-refractivity contribution is -0.130. The maximum atomic E-state index is 14.1. The molecule has 0 radical (unpaired) electrons. The average molecular weight is 357 g/mol. The van der Waals surface area contributed by atoms with Gasteiger partial charge < -0.3 is 4.90 Å². The number of nitrogens with zero attached hydrogens (tertiary/aromatic N) is 1. The molecule has 1 unspecified atom stereocenters. The van der Waals surface area contributed by atoms with Crippen LogP contribution in [-0.4, -0.2) is 18.2 Å². The Labute approximate surface area is 151 Å². The van der Waals surface area contributed by atoms with E-state index < -0.39 is 5.92 Å². The highest BCUT2D eigenvalue weighted by Crippen LogP contribution is 2.27. The molecule has 136 valence electrons. The summed E-state index contributed by atoms with van der Waals surface area (Å²) in [5.41, 5.74) is 1.77. The van der Waals surface area contributed by atoms with Crippen LogP contribution in [-0.2, 0) is 16.0 Å². The summed E-state index contributed by atoms with van der Waals surface area (Å²) in [6.45, 7) is 4.23. The van der Waals surface area contributed by atoms with E-state index in [1.807, 2.05) is 13.8 Å². The second-order valence-electron chi connectivity index (χ2n) is 6.96. The smallest absolute Gasteiger partial charge is 0.237 e. The molecule has 0 spiro atoms. The van der Waals surface area contributed by atoms with Gasteiger partial charge in [0.2, 0.25) is 5.91 Å². The topological polar surface area (TPSA) is 37.4 Å². The van der Waals surface area contributed by atoms with Gasteiger partial charge in [-0.3, -0.25) is 9.59 Å². The molecule has 5 heteroatoms. The first-order chi connectivity index (χ1) is 12.4. The van der Waals surface area contributed by atoms with Crippen LogP contribution in [0.4, 0.5) is 14.5 Å². The van der Waals surface area contributed by atoms with Crippen LogP contribution < -0.4 is 4.90 Å². The summed E-state index contributed by atoms with van der Waals surface area (Å²) in [7, 11) is 0. The van der Waals surface area contributed by atoms with Gasteiger partial charge in [-0.15, -0.1) is 0 Å². The molecular formula is C21H21F2NO2. The third kappa shape index (κ3) is 3.66. The van der Waals surface area contributed by atoms with Gasteiger partial charge in [0.05, 0.1) is 5.92 Å². The van der Waals surface area contributed by atoms with Crippen molar-refractivity contribution in [3.8, 4) is 0 Å². The molecule has 1 heterocycles. The predicted molar refractivity (Wildman–Crippen MR) is 96.1 cm³/mol. The number of benzene rings is 2. The minimum atomic E-state index is -0.729. The monoisotopic (exact) mass is 357 g/mol. The van der Waals surface area contributed by atoms with Crippen molar-refractivity contribution in [3.05, 3.63) is 65.2 Å². The molecule has 1 aliphatic heterocycles. The Bertz CT molecular complexity index is 830. The van der Waals surface area contributed by atoms with E-state index in [0.29, 0.717) is 29.8 Å². The summed E-state index contributed by atoms with van der Waals surface area (Å²) in [5, 5.41) is 0. The lowest BCUT2D eigenvalue weighted by atomic mass is 9.94. The number of Topliss-reactive ketones (excluding diaryl/α,β-unsaturated/α-hetero) is 1. The molecule has 1 atom stereocenters. The quantitative estimate of drug-likeness (QED) is 0.750. The van der Waals surface area contributed by atoms with Crippen LogP contribution in [0, 0.1) is 17.6 Å². The lowest BCUT2D eigenvalue weighted by Gasteiger charge is -2.16. The van der Waals surface area contributed by atoms with Crippen molar-refractivity contribution in [2.24, 2.45) is 5.92 Å². The molecule has 2 aromatic rings. The summed E-state index contributed by atoms with van der Waals surface area (Å²) in [5.74, 6) is -1.85. The van der Waals surface area contributed by atoms with E-state index in [-0.39, 0.29) is 35.7 Å². The van der Waals surface area contributed by atoms with E-state index >= 15 is 0 Å². The van der Waals surface area contributed by atoms with Crippen molar-refractivity contribution >= 4 is 17.4 Å². The first kappa shape index (κ1) is 18.2. The molecule has 0 bridgehead atoms. The van der Waals surface area contributed by atoms with Crippen LogP contribution in [0.2, 0.25) is 0 Å². The van der Waals surface area contributed by atoms with Crippen LogP contribution in [0.15, 0.2) is 42.5 Å². The molecular weight excluding hydrogens is 336 g/mol. The lowest BCUT2D eigenvalue weighted by Crippen LogP contribution is -2.30. The van der Waals surface area contributed by atoms with E-state index in [9.17, 15) is 18.4 Å². The number of carbonyl (C=O) groups is 2. The Morgan fingerprint density at radius 2 is 1.85 bits per heavy atom. The van der Waals surface area contributed by atoms with Crippen LogP contribution in [0.1, 0.15) is 37.3 Å². The number of hydrogen-bond donors (Lipinski definition) is 0. The third-order valence-corrected chi connectivity index (χ3v) is 4.80. The SMILES string of the molecule is CC(C)c1ccc(CC(=O)C2CCN(c3ccc(F)cc3)C2=O)cc1F. The van der Waals surface area contributed by atoms with Crippen LogP contribution >= 0.6 is 0 Å². The molecule has 0 N–H and O–H groups in total. The number of hydrogen-bond acceptors (Lipinski definition) is 2. The van der Waals surface area contributed by atoms with Crippen molar-refractivity contribution in [1.29, 1.82) is 0 Å². The highest BCUT2D eigenvalue weighted by molar-refractivity contribution is 6.10. The Hall–Kier alpha value is -2.56. The largest absolute Gasteiger partial charge is 0.312 e. The van der Waals surface area contributed by atoms with Gasteiger partial charge in [-0.2, -0.15) is 0 Å². The number of rotatable bonds is 5. The maximum Gasteiger partial charge on any atom is 0.237 e. The van der Waals surface area contributed by atoms with Gasteiger partial charge in [-0.1, -0.05) is 26.0 Å². The molecule has 0 saturated carbocycles. The zero-order valence-electron chi connectivity index (χ0n) is 14.8. The average Bonchev–Trinajstić information content (AvgIpc) is 2.97. The zero-order valence-corrected chi connectivity index (χ0v) is 14.8. The molecule has 1 fully saturated rings. The van der Waals surface area contributed by atoms with E-state index in [4.69, 9.17) is 0 Å². The molecule has 0 aliphatic carbocycles. The normalized spacial score (nSPS) is 17.2.